The maximum absolute atomic E-state index is 12.0. The number of fused-ring (bicyclic) bond motifs is 1. The van der Waals surface area contributed by atoms with Gasteiger partial charge in [-0.25, -0.2) is 9.97 Å². The normalized spacial score (nSPS) is 11.4. The molecule has 0 spiro atoms. The van der Waals surface area contributed by atoms with Gasteiger partial charge in [0.15, 0.2) is 5.82 Å². The van der Waals surface area contributed by atoms with E-state index in [0.29, 0.717) is 16.0 Å². The van der Waals surface area contributed by atoms with E-state index in [2.05, 4.69) is 30.9 Å². The summed E-state index contributed by atoms with van der Waals surface area (Å²) in [5.41, 5.74) is 2.03. The molecule has 3 aromatic heterocycles. The van der Waals surface area contributed by atoms with Crippen LogP contribution >= 0.6 is 15.9 Å². The van der Waals surface area contributed by atoms with Crippen molar-refractivity contribution in [3.05, 3.63) is 51.1 Å². The van der Waals surface area contributed by atoms with Crippen LogP contribution in [0.25, 0.3) is 17.2 Å². The summed E-state index contributed by atoms with van der Waals surface area (Å²) in [7, 11) is 0. The fourth-order valence-electron chi connectivity index (χ4n) is 2.03. The van der Waals surface area contributed by atoms with Crippen molar-refractivity contribution in [3.8, 4) is 11.5 Å². The summed E-state index contributed by atoms with van der Waals surface area (Å²) >= 11 is 3.29. The van der Waals surface area contributed by atoms with Crippen molar-refractivity contribution in [3.63, 3.8) is 0 Å². The predicted molar refractivity (Wildman–Crippen MR) is 80.8 cm³/mol. The summed E-state index contributed by atoms with van der Waals surface area (Å²) in [6, 6.07) is 5.75. The molecule has 0 unspecified atom stereocenters. The zero-order valence-electron chi connectivity index (χ0n) is 11.1. The molecule has 5 nitrogen and oxygen atoms in total. The van der Waals surface area contributed by atoms with Crippen LogP contribution in [0.5, 0.6) is 0 Å². The zero-order valence-corrected chi connectivity index (χ0v) is 12.7. The van der Waals surface area contributed by atoms with Gasteiger partial charge in [0, 0.05) is 12.4 Å². The number of hydrogen-bond donors (Lipinski definition) is 1. The molecule has 6 heteroatoms. The van der Waals surface area contributed by atoms with Crippen molar-refractivity contribution in [2.75, 3.05) is 0 Å². The first-order chi connectivity index (χ1) is 9.56. The number of imidazole rings is 1. The fraction of sp³-hybridized carbons (Fsp3) is 0.214. The molecule has 0 aliphatic rings. The van der Waals surface area contributed by atoms with Gasteiger partial charge >= 0.3 is 0 Å². The van der Waals surface area contributed by atoms with Crippen molar-refractivity contribution in [1.29, 1.82) is 0 Å². The number of nitrogens with one attached hydrogen (secondary N) is 1. The highest BCUT2D eigenvalue weighted by Gasteiger charge is 2.14. The molecule has 3 aromatic rings. The lowest BCUT2D eigenvalue weighted by Gasteiger charge is -2.07. The van der Waals surface area contributed by atoms with Gasteiger partial charge in [0.2, 0.25) is 0 Å². The molecule has 0 bridgehead atoms. The minimum atomic E-state index is -0.184. The maximum Gasteiger partial charge on any atom is 0.265 e. The Morgan fingerprint density at radius 1 is 1.30 bits per heavy atom. The second-order valence-electron chi connectivity index (χ2n) is 4.86. The van der Waals surface area contributed by atoms with Crippen molar-refractivity contribution < 1.29 is 0 Å². The van der Waals surface area contributed by atoms with Crippen molar-refractivity contribution in [1.82, 2.24) is 19.4 Å². The van der Waals surface area contributed by atoms with Crippen LogP contribution in [0, 0.1) is 0 Å². The molecule has 0 aliphatic heterocycles. The molecule has 20 heavy (non-hydrogen) atoms. The first kappa shape index (κ1) is 13.1. The molecule has 0 amide bonds. The second kappa shape index (κ2) is 4.86. The van der Waals surface area contributed by atoms with Crippen LogP contribution in [0.4, 0.5) is 0 Å². The van der Waals surface area contributed by atoms with Gasteiger partial charge < -0.3 is 9.38 Å². The molecule has 0 aromatic carbocycles. The van der Waals surface area contributed by atoms with E-state index in [0.717, 1.165) is 11.3 Å². The van der Waals surface area contributed by atoms with Crippen LogP contribution in [0.3, 0.4) is 0 Å². The predicted octanol–water partition coefficient (Wildman–Crippen LogP) is 2.97. The lowest BCUT2D eigenvalue weighted by Crippen LogP contribution is -2.14. The third-order valence-corrected chi connectivity index (χ3v) is 3.81. The maximum atomic E-state index is 12.0. The van der Waals surface area contributed by atoms with E-state index >= 15 is 0 Å². The number of halogens is 1. The Balaban J connectivity index is 2.21. The number of aromatic nitrogens is 4. The van der Waals surface area contributed by atoms with Gasteiger partial charge in [-0.2, -0.15) is 0 Å². The smallest absolute Gasteiger partial charge is 0.265 e. The molecule has 102 valence electrons. The van der Waals surface area contributed by atoms with Gasteiger partial charge in [-0.1, -0.05) is 19.9 Å². The number of aromatic amines is 1. The van der Waals surface area contributed by atoms with Crippen LogP contribution in [-0.4, -0.2) is 19.4 Å². The molecule has 0 fully saturated rings. The third-order valence-electron chi connectivity index (χ3n) is 3.04. The molecular formula is C14H13BrN4O. The molecular weight excluding hydrogens is 320 g/mol. The van der Waals surface area contributed by atoms with Crippen molar-refractivity contribution >= 4 is 21.6 Å². The van der Waals surface area contributed by atoms with Crippen LogP contribution in [0.2, 0.25) is 0 Å². The van der Waals surface area contributed by atoms with Crippen LogP contribution in [0.1, 0.15) is 25.5 Å². The van der Waals surface area contributed by atoms with Crippen LogP contribution in [0.15, 0.2) is 39.9 Å². The number of hydrogen-bond acceptors (Lipinski definition) is 3. The standard InChI is InChI=1S/C14H13BrN4O/c1-8(2)12-11(15)14(20)18-13(17-12)9-7-19-6-4-3-5-10(19)16-9/h3-8H,1-2H3,(H,17,18,20). The summed E-state index contributed by atoms with van der Waals surface area (Å²) in [5, 5.41) is 0. The summed E-state index contributed by atoms with van der Waals surface area (Å²) in [5.74, 6) is 0.646. The van der Waals surface area contributed by atoms with Gasteiger partial charge in [0.25, 0.3) is 5.56 Å². The second-order valence-corrected chi connectivity index (χ2v) is 5.65. The lowest BCUT2D eigenvalue weighted by atomic mass is 10.1. The van der Waals surface area contributed by atoms with Crippen LogP contribution in [-0.2, 0) is 0 Å². The largest absolute Gasteiger partial charge is 0.306 e. The van der Waals surface area contributed by atoms with E-state index < -0.39 is 0 Å². The minimum absolute atomic E-state index is 0.155. The Bertz CT molecular complexity index is 802. The SMILES string of the molecule is CC(C)c1nc(-c2cn3ccccc3n2)[nH]c(=O)c1Br. The Kier molecular flexibility index (Phi) is 3.17. The van der Waals surface area contributed by atoms with Crippen LogP contribution < -0.4 is 5.56 Å². The summed E-state index contributed by atoms with van der Waals surface area (Å²) < 4.78 is 2.38. The van der Waals surface area contributed by atoms with E-state index in [1.807, 2.05) is 48.8 Å². The summed E-state index contributed by atoms with van der Waals surface area (Å²) in [6.45, 7) is 4.00. The molecule has 0 aliphatic carbocycles. The lowest BCUT2D eigenvalue weighted by molar-refractivity contribution is 0.802. The Labute approximate surface area is 123 Å². The Morgan fingerprint density at radius 2 is 2.10 bits per heavy atom. The molecule has 0 radical (unpaired) electrons. The molecule has 0 saturated heterocycles. The Morgan fingerprint density at radius 3 is 2.80 bits per heavy atom. The highest BCUT2D eigenvalue weighted by Crippen LogP contribution is 2.22. The van der Waals surface area contributed by atoms with Gasteiger partial charge in [0.1, 0.15) is 15.8 Å². The third kappa shape index (κ3) is 2.16. The highest BCUT2D eigenvalue weighted by atomic mass is 79.9. The van der Waals surface area contributed by atoms with Gasteiger partial charge in [-0.05, 0) is 34.0 Å². The zero-order chi connectivity index (χ0) is 14.3. The molecule has 0 saturated carbocycles. The number of H-pyrrole nitrogens is 1. The summed E-state index contributed by atoms with van der Waals surface area (Å²) in [4.78, 5) is 23.7. The summed E-state index contributed by atoms with van der Waals surface area (Å²) in [6.07, 6.45) is 3.76. The average Bonchev–Trinajstić information content (AvgIpc) is 2.85. The monoisotopic (exact) mass is 332 g/mol. The quantitative estimate of drug-likeness (QED) is 0.784. The first-order valence-electron chi connectivity index (χ1n) is 6.30. The van der Waals surface area contributed by atoms with Gasteiger partial charge in [-0.3, -0.25) is 4.79 Å². The molecule has 1 N–H and O–H groups in total. The van der Waals surface area contributed by atoms with Crippen molar-refractivity contribution in [2.24, 2.45) is 0 Å². The van der Waals surface area contributed by atoms with Gasteiger partial charge in [0.05, 0.1) is 5.69 Å². The molecule has 0 atom stereocenters. The number of rotatable bonds is 2. The van der Waals surface area contributed by atoms with Crippen molar-refractivity contribution in [2.45, 2.75) is 19.8 Å². The number of pyridine rings is 1. The van der Waals surface area contributed by atoms with E-state index in [1.54, 1.807) is 0 Å². The van der Waals surface area contributed by atoms with E-state index in [4.69, 9.17) is 0 Å². The molecule has 3 rings (SSSR count). The fourth-order valence-corrected chi connectivity index (χ4v) is 2.67. The molecule has 3 heterocycles. The first-order valence-corrected chi connectivity index (χ1v) is 7.09. The number of nitrogens with zero attached hydrogens (tertiary/aromatic N) is 3. The van der Waals surface area contributed by atoms with Gasteiger partial charge in [-0.15, -0.1) is 0 Å². The van der Waals surface area contributed by atoms with E-state index in [9.17, 15) is 4.79 Å². The Hall–Kier alpha value is -1.95. The highest BCUT2D eigenvalue weighted by molar-refractivity contribution is 9.10. The minimum Gasteiger partial charge on any atom is -0.306 e. The topological polar surface area (TPSA) is 63.1 Å². The average molecular weight is 333 g/mol. The van der Waals surface area contributed by atoms with E-state index in [1.165, 1.54) is 0 Å². The van der Waals surface area contributed by atoms with E-state index in [-0.39, 0.29) is 11.5 Å².